The first-order valence-electron chi connectivity index (χ1n) is 5.97. The first-order chi connectivity index (χ1) is 8.69. The average molecular weight is 268 g/mol. The fraction of sp³-hybridized carbons (Fsp3) is 0.667. The highest BCUT2D eigenvalue weighted by Crippen LogP contribution is 2.34. The second kappa shape index (κ2) is 6.43. The van der Waals surface area contributed by atoms with Crippen LogP contribution in [0.4, 0.5) is 0 Å². The van der Waals surface area contributed by atoms with Crippen molar-refractivity contribution in [3.63, 3.8) is 0 Å². The van der Waals surface area contributed by atoms with Crippen LogP contribution in [0.25, 0.3) is 0 Å². The molecule has 0 unspecified atom stereocenters. The Morgan fingerprint density at radius 1 is 1.61 bits per heavy atom. The molecule has 3 atom stereocenters. The highest BCUT2D eigenvalue weighted by atomic mass is 32.2. The predicted molar refractivity (Wildman–Crippen MR) is 68.9 cm³/mol. The summed E-state index contributed by atoms with van der Waals surface area (Å²) in [4.78, 5) is 15.2. The first kappa shape index (κ1) is 13.7. The summed E-state index contributed by atoms with van der Waals surface area (Å²) in [5.74, 6) is -0.317. The van der Waals surface area contributed by atoms with Gasteiger partial charge in [-0.25, -0.2) is 0 Å². The normalized spacial score (nSPS) is 30.6. The van der Waals surface area contributed by atoms with Crippen LogP contribution < -0.4 is 5.32 Å². The number of fused-ring (bicyclic) bond motifs is 1. The van der Waals surface area contributed by atoms with Gasteiger partial charge in [0.15, 0.2) is 5.17 Å². The lowest BCUT2D eigenvalue weighted by atomic mass is 10.1. The van der Waals surface area contributed by atoms with Crippen LogP contribution in [0.5, 0.6) is 0 Å². The van der Waals surface area contributed by atoms with E-state index in [2.05, 4.69) is 30.1 Å². The molecule has 1 fully saturated rings. The Balaban J connectivity index is 1.77. The van der Waals surface area contributed by atoms with Crippen LogP contribution in [0.1, 0.15) is 20.3 Å². The van der Waals surface area contributed by atoms with Gasteiger partial charge in [-0.15, -0.1) is 0 Å². The molecule has 0 aromatic heterocycles. The number of hydrogen-bond donors (Lipinski definition) is 1. The molecule has 5 nitrogen and oxygen atoms in total. The van der Waals surface area contributed by atoms with Crippen molar-refractivity contribution in [1.82, 2.24) is 5.32 Å². The quantitative estimate of drug-likeness (QED) is 0.768. The number of esters is 1. The minimum Gasteiger partial charge on any atom is -0.463 e. The molecule has 0 aliphatic carbocycles. The van der Waals surface area contributed by atoms with Gasteiger partial charge >= 0.3 is 5.97 Å². The van der Waals surface area contributed by atoms with Crippen molar-refractivity contribution >= 4 is 22.9 Å². The zero-order chi connectivity index (χ0) is 13.0. The van der Waals surface area contributed by atoms with Crippen molar-refractivity contribution in [3.05, 3.63) is 12.8 Å². The van der Waals surface area contributed by atoms with Crippen molar-refractivity contribution in [3.8, 4) is 0 Å². The molecular formula is C12H16N2O3S. The Labute approximate surface area is 112 Å². The molecule has 2 aliphatic heterocycles. The maximum absolute atomic E-state index is 10.7. The summed E-state index contributed by atoms with van der Waals surface area (Å²) in [6, 6.07) is -0.108. The molecule has 0 spiro atoms. The van der Waals surface area contributed by atoms with Crippen LogP contribution in [-0.2, 0) is 14.3 Å². The Morgan fingerprint density at radius 3 is 3.17 bits per heavy atom. The third-order valence-electron chi connectivity index (χ3n) is 2.40. The second-order valence-electron chi connectivity index (χ2n) is 4.01. The molecular weight excluding hydrogens is 252 g/mol. The third-order valence-corrected chi connectivity index (χ3v) is 3.47. The highest BCUT2D eigenvalue weighted by Gasteiger charge is 2.38. The summed E-state index contributed by atoms with van der Waals surface area (Å²) in [6.45, 7) is 4.56. The van der Waals surface area contributed by atoms with Crippen molar-refractivity contribution in [2.75, 3.05) is 13.2 Å². The molecule has 1 N–H and O–H groups in total. The molecule has 2 rings (SSSR count). The van der Waals surface area contributed by atoms with E-state index >= 15 is 0 Å². The zero-order valence-electron chi connectivity index (χ0n) is 10.4. The summed E-state index contributed by atoms with van der Waals surface area (Å²) in [6.07, 6.45) is 6.68. The molecule has 98 valence electrons. The number of carbonyl (C=O) groups excluding carboxylic acids is 1. The number of ether oxygens (including phenoxy) is 2. The van der Waals surface area contributed by atoms with Gasteiger partial charge in [-0.05, 0) is 6.42 Å². The molecule has 0 bridgehead atoms. The van der Waals surface area contributed by atoms with Gasteiger partial charge in [-0.1, -0.05) is 18.7 Å². The van der Waals surface area contributed by atoms with Gasteiger partial charge < -0.3 is 14.8 Å². The van der Waals surface area contributed by atoms with Crippen molar-refractivity contribution in [1.29, 1.82) is 0 Å². The smallest absolute Gasteiger partial charge is 0.302 e. The molecule has 0 amide bonds. The maximum atomic E-state index is 10.7. The van der Waals surface area contributed by atoms with Gasteiger partial charge in [0, 0.05) is 26.3 Å². The zero-order valence-corrected chi connectivity index (χ0v) is 11.3. The SMILES string of the molecule is CCCNC1=N[C@@H]2[C][C][C@H](COC(C)=O)O[C@@H]2S1. The number of rotatable bonds is 4. The van der Waals surface area contributed by atoms with E-state index < -0.39 is 0 Å². The third kappa shape index (κ3) is 3.62. The second-order valence-corrected chi connectivity index (χ2v) is 5.10. The summed E-state index contributed by atoms with van der Waals surface area (Å²) < 4.78 is 10.6. The molecule has 0 aromatic rings. The van der Waals surface area contributed by atoms with E-state index in [1.807, 2.05) is 0 Å². The van der Waals surface area contributed by atoms with Gasteiger partial charge in [0.2, 0.25) is 0 Å². The molecule has 2 aliphatic rings. The minimum absolute atomic E-state index is 0.0915. The molecule has 18 heavy (non-hydrogen) atoms. The van der Waals surface area contributed by atoms with Crippen LogP contribution in [0, 0.1) is 12.8 Å². The largest absolute Gasteiger partial charge is 0.463 e. The summed E-state index contributed by atoms with van der Waals surface area (Å²) in [5, 5.41) is 4.12. The van der Waals surface area contributed by atoms with E-state index in [0.717, 1.165) is 18.1 Å². The van der Waals surface area contributed by atoms with Gasteiger partial charge in [-0.3, -0.25) is 9.79 Å². The topological polar surface area (TPSA) is 59.9 Å². The lowest BCUT2D eigenvalue weighted by Crippen LogP contribution is -2.37. The van der Waals surface area contributed by atoms with E-state index in [9.17, 15) is 4.79 Å². The summed E-state index contributed by atoms with van der Waals surface area (Å²) >= 11 is 1.55. The molecule has 2 heterocycles. The fourth-order valence-electron chi connectivity index (χ4n) is 1.56. The molecule has 6 heteroatoms. The lowest BCUT2D eigenvalue weighted by molar-refractivity contribution is -0.145. The van der Waals surface area contributed by atoms with Crippen molar-refractivity contribution in [2.45, 2.75) is 37.9 Å². The first-order valence-corrected chi connectivity index (χ1v) is 6.85. The summed E-state index contributed by atoms with van der Waals surface area (Å²) in [5.41, 5.74) is -0.0915. The van der Waals surface area contributed by atoms with Crippen LogP contribution in [0.3, 0.4) is 0 Å². The Hall–Kier alpha value is -0.750. The Morgan fingerprint density at radius 2 is 2.44 bits per heavy atom. The summed E-state index contributed by atoms with van der Waals surface area (Å²) in [7, 11) is 0. The average Bonchev–Trinajstić information content (AvgIpc) is 2.75. The Bertz CT molecular complexity index is 335. The molecule has 0 saturated carbocycles. The van der Waals surface area contributed by atoms with E-state index in [-0.39, 0.29) is 30.2 Å². The molecule has 0 aromatic carbocycles. The lowest BCUT2D eigenvalue weighted by Gasteiger charge is -2.28. The highest BCUT2D eigenvalue weighted by molar-refractivity contribution is 8.14. The molecule has 4 radical (unpaired) electrons. The molecule has 1 saturated heterocycles. The van der Waals surface area contributed by atoms with Gasteiger partial charge in [-0.2, -0.15) is 0 Å². The number of thioether (sulfide) groups is 1. The van der Waals surface area contributed by atoms with Gasteiger partial charge in [0.05, 0.1) is 6.04 Å². The minimum atomic E-state index is -0.344. The van der Waals surface area contributed by atoms with E-state index in [1.165, 1.54) is 6.92 Å². The predicted octanol–water partition coefficient (Wildman–Crippen LogP) is 0.908. The number of aliphatic imine (C=N–C) groups is 1. The fourth-order valence-corrected chi connectivity index (χ4v) is 2.59. The van der Waals surface area contributed by atoms with Crippen LogP contribution in [0.15, 0.2) is 4.99 Å². The number of nitrogens with one attached hydrogen (secondary N) is 1. The number of carbonyl (C=O) groups is 1. The van der Waals surface area contributed by atoms with Gasteiger partial charge in [0.25, 0.3) is 0 Å². The number of amidine groups is 1. The number of hydrogen-bond acceptors (Lipinski definition) is 6. The number of nitrogens with zero attached hydrogens (tertiary/aromatic N) is 1. The van der Waals surface area contributed by atoms with E-state index in [0.29, 0.717) is 0 Å². The Kier molecular flexibility index (Phi) is 4.88. The van der Waals surface area contributed by atoms with E-state index in [1.54, 1.807) is 11.8 Å². The van der Waals surface area contributed by atoms with Crippen LogP contribution >= 0.6 is 11.8 Å². The van der Waals surface area contributed by atoms with Crippen LogP contribution in [0.2, 0.25) is 0 Å². The van der Waals surface area contributed by atoms with E-state index in [4.69, 9.17) is 9.47 Å². The standard InChI is InChI=1S/C12H16N2O3S/c1-3-6-13-12-14-10-5-4-9(7-16-8(2)15)17-11(10)18-12/h9-11H,3,6-7H2,1-2H3,(H,13,14)/t9-,10-,11-/m1/s1. The van der Waals surface area contributed by atoms with Crippen LogP contribution in [-0.4, -0.2) is 41.9 Å². The van der Waals surface area contributed by atoms with Crippen molar-refractivity contribution in [2.24, 2.45) is 4.99 Å². The monoisotopic (exact) mass is 268 g/mol. The maximum Gasteiger partial charge on any atom is 0.302 e. The van der Waals surface area contributed by atoms with Crippen molar-refractivity contribution < 1.29 is 14.3 Å². The van der Waals surface area contributed by atoms with Gasteiger partial charge in [0.1, 0.15) is 18.1 Å².